The molecule has 0 aromatic carbocycles. The van der Waals surface area contributed by atoms with Crippen LogP contribution in [0.3, 0.4) is 0 Å². The molecule has 1 atom stereocenters. The summed E-state index contributed by atoms with van der Waals surface area (Å²) in [5, 5.41) is 6.45. The maximum atomic E-state index is 11.5. The number of alkyl halides is 1. The summed E-state index contributed by atoms with van der Waals surface area (Å²) >= 11 is 5.80. The van der Waals surface area contributed by atoms with Crippen LogP contribution in [0.25, 0.3) is 5.65 Å². The molecule has 7 heteroatoms. The summed E-state index contributed by atoms with van der Waals surface area (Å²) in [6, 6.07) is 1.86. The summed E-state index contributed by atoms with van der Waals surface area (Å²) in [4.78, 5) is 18.3. The van der Waals surface area contributed by atoms with Crippen molar-refractivity contribution in [2.24, 2.45) is 5.92 Å². The van der Waals surface area contributed by atoms with Crippen LogP contribution in [0, 0.1) is 12.8 Å². The first-order valence-corrected chi connectivity index (χ1v) is 6.98. The van der Waals surface area contributed by atoms with Crippen LogP contribution in [0.4, 0.5) is 5.82 Å². The van der Waals surface area contributed by atoms with Gasteiger partial charge in [-0.3, -0.25) is 0 Å². The molecule has 0 spiro atoms. The Bertz CT molecular complexity index is 649. The number of halogens is 1. The number of aryl methyl sites for hydroxylation is 1. The number of H-pyrrole nitrogens is 1. The molecule has 0 radical (unpaired) electrons. The predicted octanol–water partition coefficient (Wildman–Crippen LogP) is 1.18. The number of aromatic nitrogens is 4. The Kier molecular flexibility index (Phi) is 3.18. The van der Waals surface area contributed by atoms with E-state index in [-0.39, 0.29) is 5.69 Å². The van der Waals surface area contributed by atoms with Gasteiger partial charge in [-0.1, -0.05) is 0 Å². The molecule has 1 aliphatic rings. The van der Waals surface area contributed by atoms with Gasteiger partial charge >= 0.3 is 5.69 Å². The molecule has 0 bridgehead atoms. The average Bonchev–Trinajstić information content (AvgIpc) is 2.97. The molecule has 3 rings (SSSR count). The Morgan fingerprint density at radius 1 is 1.58 bits per heavy atom. The van der Waals surface area contributed by atoms with Crippen LogP contribution in [0.15, 0.2) is 10.9 Å². The first kappa shape index (κ1) is 12.5. The normalized spacial score (nSPS) is 19.5. The van der Waals surface area contributed by atoms with E-state index in [4.69, 9.17) is 11.6 Å². The van der Waals surface area contributed by atoms with Gasteiger partial charge in [-0.05, 0) is 25.7 Å². The zero-order valence-corrected chi connectivity index (χ0v) is 11.5. The lowest BCUT2D eigenvalue weighted by molar-refractivity contribution is 0.572. The van der Waals surface area contributed by atoms with Gasteiger partial charge in [-0.15, -0.1) is 11.6 Å². The van der Waals surface area contributed by atoms with Crippen molar-refractivity contribution in [3.8, 4) is 0 Å². The molecule has 1 unspecified atom stereocenters. The average molecular weight is 282 g/mol. The standard InChI is InChI=1S/C12H16ClN5O/c1-8-14-10(6-11-15-16-12(19)18(8)11)17-5-3-9(7-17)2-4-13/h6,9H,2-5,7H2,1H3,(H,16,19). The molecular weight excluding hydrogens is 266 g/mol. The number of anilines is 1. The van der Waals surface area contributed by atoms with E-state index in [1.165, 1.54) is 4.40 Å². The fraction of sp³-hybridized carbons (Fsp3) is 0.583. The zero-order chi connectivity index (χ0) is 13.4. The van der Waals surface area contributed by atoms with Crippen molar-refractivity contribution in [3.05, 3.63) is 22.4 Å². The number of rotatable bonds is 3. The van der Waals surface area contributed by atoms with Gasteiger partial charge in [0.15, 0.2) is 5.65 Å². The van der Waals surface area contributed by atoms with Crippen LogP contribution >= 0.6 is 11.6 Å². The summed E-state index contributed by atoms with van der Waals surface area (Å²) in [6.45, 7) is 3.78. The van der Waals surface area contributed by atoms with Crippen molar-refractivity contribution in [3.63, 3.8) is 0 Å². The van der Waals surface area contributed by atoms with E-state index in [1.807, 2.05) is 13.0 Å². The molecule has 1 aliphatic heterocycles. The van der Waals surface area contributed by atoms with Gasteiger partial charge in [0.2, 0.25) is 0 Å². The quantitative estimate of drug-likeness (QED) is 0.858. The third kappa shape index (κ3) is 2.20. The molecule has 6 nitrogen and oxygen atoms in total. The summed E-state index contributed by atoms with van der Waals surface area (Å²) in [7, 11) is 0. The molecule has 3 heterocycles. The molecule has 2 aromatic rings. The largest absolute Gasteiger partial charge is 0.356 e. The highest BCUT2D eigenvalue weighted by Gasteiger charge is 2.23. The molecule has 1 fully saturated rings. The second-order valence-corrected chi connectivity index (χ2v) is 5.34. The minimum atomic E-state index is -0.243. The van der Waals surface area contributed by atoms with Gasteiger partial charge in [0.25, 0.3) is 0 Å². The van der Waals surface area contributed by atoms with Gasteiger partial charge in [-0.2, -0.15) is 5.10 Å². The molecule has 2 aromatic heterocycles. The van der Waals surface area contributed by atoms with E-state index in [9.17, 15) is 4.79 Å². The third-order valence-corrected chi connectivity index (χ3v) is 3.90. The van der Waals surface area contributed by atoms with Gasteiger partial charge in [-0.25, -0.2) is 19.3 Å². The fourth-order valence-electron chi connectivity index (χ4n) is 2.67. The first-order valence-electron chi connectivity index (χ1n) is 6.44. The van der Waals surface area contributed by atoms with E-state index >= 15 is 0 Å². The van der Waals surface area contributed by atoms with E-state index in [0.29, 0.717) is 23.3 Å². The van der Waals surface area contributed by atoms with E-state index in [2.05, 4.69) is 20.1 Å². The lowest BCUT2D eigenvalue weighted by atomic mass is 10.1. The van der Waals surface area contributed by atoms with Crippen molar-refractivity contribution < 1.29 is 0 Å². The Morgan fingerprint density at radius 3 is 3.21 bits per heavy atom. The summed E-state index contributed by atoms with van der Waals surface area (Å²) in [5.74, 6) is 2.89. The maximum absolute atomic E-state index is 11.5. The molecular formula is C12H16ClN5O. The predicted molar refractivity (Wildman–Crippen MR) is 74.0 cm³/mol. The third-order valence-electron chi connectivity index (χ3n) is 3.68. The number of hydrogen-bond donors (Lipinski definition) is 1. The molecule has 0 amide bonds. The summed E-state index contributed by atoms with van der Waals surface area (Å²) < 4.78 is 1.48. The topological polar surface area (TPSA) is 66.3 Å². The number of nitrogens with zero attached hydrogens (tertiary/aromatic N) is 4. The van der Waals surface area contributed by atoms with Gasteiger partial charge in [0.05, 0.1) is 0 Å². The van der Waals surface area contributed by atoms with E-state index in [0.717, 1.165) is 31.7 Å². The van der Waals surface area contributed by atoms with Crippen molar-refractivity contribution >= 4 is 23.1 Å². The highest BCUT2D eigenvalue weighted by Crippen LogP contribution is 2.25. The summed E-state index contributed by atoms with van der Waals surface area (Å²) in [6.07, 6.45) is 2.19. The smallest absolute Gasteiger partial charge is 0.349 e. The fourth-order valence-corrected chi connectivity index (χ4v) is 2.98. The monoisotopic (exact) mass is 281 g/mol. The number of hydrogen-bond acceptors (Lipinski definition) is 4. The number of nitrogens with one attached hydrogen (secondary N) is 1. The lowest BCUT2D eigenvalue weighted by Crippen LogP contribution is -2.22. The molecule has 102 valence electrons. The van der Waals surface area contributed by atoms with Crippen molar-refractivity contribution in [1.29, 1.82) is 0 Å². The Hall–Kier alpha value is -1.56. The SMILES string of the molecule is Cc1nc(N2CCC(CCCl)C2)cc2n[nH]c(=O)n12. The molecule has 0 aliphatic carbocycles. The van der Waals surface area contributed by atoms with Crippen molar-refractivity contribution in [2.75, 3.05) is 23.9 Å². The highest BCUT2D eigenvalue weighted by molar-refractivity contribution is 6.17. The first-order chi connectivity index (χ1) is 9.19. The zero-order valence-electron chi connectivity index (χ0n) is 10.8. The highest BCUT2D eigenvalue weighted by atomic mass is 35.5. The van der Waals surface area contributed by atoms with Gasteiger partial charge < -0.3 is 4.90 Å². The van der Waals surface area contributed by atoms with Crippen molar-refractivity contribution in [1.82, 2.24) is 19.6 Å². The summed E-state index contributed by atoms with van der Waals surface area (Å²) in [5.41, 5.74) is 0.376. The number of aromatic amines is 1. The van der Waals surface area contributed by atoms with Crippen LogP contribution in [-0.2, 0) is 0 Å². The van der Waals surface area contributed by atoms with E-state index < -0.39 is 0 Å². The van der Waals surface area contributed by atoms with Gasteiger partial charge in [0, 0.05) is 25.0 Å². The van der Waals surface area contributed by atoms with Crippen LogP contribution in [0.5, 0.6) is 0 Å². The maximum Gasteiger partial charge on any atom is 0.349 e. The van der Waals surface area contributed by atoms with Crippen LogP contribution in [0.1, 0.15) is 18.7 Å². The molecule has 19 heavy (non-hydrogen) atoms. The van der Waals surface area contributed by atoms with Crippen LogP contribution in [0.2, 0.25) is 0 Å². The number of fused-ring (bicyclic) bond motifs is 1. The Balaban J connectivity index is 1.92. The molecule has 0 saturated carbocycles. The minimum Gasteiger partial charge on any atom is -0.356 e. The van der Waals surface area contributed by atoms with Crippen LogP contribution < -0.4 is 10.6 Å². The Labute approximate surface area is 115 Å². The Morgan fingerprint density at radius 2 is 2.42 bits per heavy atom. The van der Waals surface area contributed by atoms with Crippen molar-refractivity contribution in [2.45, 2.75) is 19.8 Å². The van der Waals surface area contributed by atoms with Crippen LogP contribution in [-0.4, -0.2) is 38.6 Å². The second-order valence-electron chi connectivity index (χ2n) is 4.96. The second kappa shape index (κ2) is 4.85. The van der Waals surface area contributed by atoms with E-state index in [1.54, 1.807) is 0 Å². The van der Waals surface area contributed by atoms with Gasteiger partial charge in [0.1, 0.15) is 11.6 Å². The minimum absolute atomic E-state index is 0.243. The lowest BCUT2D eigenvalue weighted by Gasteiger charge is -2.18. The molecule has 1 saturated heterocycles. The molecule has 1 N–H and O–H groups in total.